The first-order chi connectivity index (χ1) is 9.79. The lowest BCUT2D eigenvalue weighted by atomic mass is 10.0. The summed E-state index contributed by atoms with van der Waals surface area (Å²) in [5, 5.41) is 9.07. The third kappa shape index (κ3) is 1.44. The second kappa shape index (κ2) is 4.13. The van der Waals surface area contributed by atoms with E-state index in [4.69, 9.17) is 20.5 Å². The lowest BCUT2D eigenvalue weighted by Gasteiger charge is -2.17. The molecule has 0 bridgehead atoms. The molecule has 2 aliphatic rings. The molecule has 0 amide bonds. The van der Waals surface area contributed by atoms with E-state index in [9.17, 15) is 0 Å². The summed E-state index contributed by atoms with van der Waals surface area (Å²) in [5.74, 6) is 0.144. The summed E-state index contributed by atoms with van der Waals surface area (Å²) in [6, 6.07) is 2.18. The van der Waals surface area contributed by atoms with E-state index in [-0.39, 0.29) is 24.2 Å². The molecule has 4 rings (SSSR count). The topological polar surface area (TPSA) is 112 Å². The van der Waals surface area contributed by atoms with E-state index in [0.717, 1.165) is 0 Å². The Bertz CT molecular complexity index is 708. The Morgan fingerprint density at radius 3 is 2.95 bits per heavy atom. The van der Waals surface area contributed by atoms with Crippen molar-refractivity contribution in [1.29, 1.82) is 5.26 Å². The Morgan fingerprint density at radius 1 is 1.25 bits per heavy atom. The minimum atomic E-state index is -0.209. The van der Waals surface area contributed by atoms with Gasteiger partial charge < -0.3 is 19.8 Å². The third-order valence-electron chi connectivity index (χ3n) is 3.94. The first kappa shape index (κ1) is 11.6. The number of imidazole rings is 1. The lowest BCUT2D eigenvalue weighted by molar-refractivity contribution is 0.0639. The van der Waals surface area contributed by atoms with Gasteiger partial charge in [0, 0.05) is 0 Å². The second-order valence-corrected chi connectivity index (χ2v) is 4.98. The molecule has 2 aromatic heterocycles. The number of hydrogen-bond donors (Lipinski definition) is 1. The van der Waals surface area contributed by atoms with Crippen molar-refractivity contribution >= 4 is 17.0 Å². The summed E-state index contributed by atoms with van der Waals surface area (Å²) >= 11 is 0. The molecule has 0 radical (unpaired) electrons. The van der Waals surface area contributed by atoms with Crippen molar-refractivity contribution in [2.75, 3.05) is 18.9 Å². The maximum absolute atomic E-state index is 9.07. The van der Waals surface area contributed by atoms with E-state index < -0.39 is 0 Å². The van der Waals surface area contributed by atoms with Crippen LogP contribution in [0.2, 0.25) is 0 Å². The quantitative estimate of drug-likeness (QED) is 0.770. The molecule has 8 nitrogen and oxygen atoms in total. The Labute approximate surface area is 114 Å². The molecule has 2 fully saturated rings. The molecule has 2 aliphatic heterocycles. The van der Waals surface area contributed by atoms with Crippen LogP contribution in [0.3, 0.4) is 0 Å². The molecule has 2 N–H and O–H groups in total. The van der Waals surface area contributed by atoms with Crippen LogP contribution in [0.1, 0.15) is 6.04 Å². The number of nitriles is 1. The zero-order chi connectivity index (χ0) is 13.7. The summed E-state index contributed by atoms with van der Waals surface area (Å²) in [6.07, 6.45) is 2.76. The van der Waals surface area contributed by atoms with Crippen molar-refractivity contribution in [1.82, 2.24) is 19.5 Å². The van der Waals surface area contributed by atoms with Gasteiger partial charge in [-0.05, 0) is 0 Å². The van der Waals surface area contributed by atoms with Crippen molar-refractivity contribution in [3.8, 4) is 6.07 Å². The van der Waals surface area contributed by atoms with Gasteiger partial charge in [0.25, 0.3) is 0 Å². The molecule has 8 heteroatoms. The maximum atomic E-state index is 9.07. The highest BCUT2D eigenvalue weighted by atomic mass is 16.6. The fraction of sp³-hybridized carbons (Fsp3) is 0.500. The highest BCUT2D eigenvalue weighted by Gasteiger charge is 2.48. The predicted octanol–water partition coefficient (Wildman–Crippen LogP) is -0.113. The van der Waals surface area contributed by atoms with Gasteiger partial charge in [0.05, 0.1) is 37.6 Å². The monoisotopic (exact) mass is 272 g/mol. The van der Waals surface area contributed by atoms with E-state index in [1.807, 2.05) is 4.57 Å². The molecule has 4 atom stereocenters. The summed E-state index contributed by atoms with van der Waals surface area (Å²) in [5.41, 5.74) is 7.02. The number of nitrogens with zero attached hydrogens (tertiary/aromatic N) is 5. The van der Waals surface area contributed by atoms with Gasteiger partial charge in [0.1, 0.15) is 24.1 Å². The molecular weight excluding hydrogens is 260 g/mol. The molecule has 4 unspecified atom stereocenters. The summed E-state index contributed by atoms with van der Waals surface area (Å²) < 4.78 is 13.4. The standard InChI is InChI=1S/C12H12N6O2/c13-1-6-2-19-10-7(3-20-9(6)10)18-5-17-8-11(14)15-4-16-12(8)18/h4-7,9-10H,2-3H2,(H2,14,15,16). The van der Waals surface area contributed by atoms with Crippen molar-refractivity contribution in [2.45, 2.75) is 18.2 Å². The smallest absolute Gasteiger partial charge is 0.165 e. The summed E-state index contributed by atoms with van der Waals surface area (Å²) in [6.45, 7) is 0.884. The lowest BCUT2D eigenvalue weighted by Crippen LogP contribution is -2.27. The molecule has 0 aromatic carbocycles. The Hall–Kier alpha value is -2.24. The van der Waals surface area contributed by atoms with Crippen molar-refractivity contribution in [2.24, 2.45) is 5.92 Å². The number of anilines is 1. The van der Waals surface area contributed by atoms with E-state index in [2.05, 4.69) is 21.0 Å². The maximum Gasteiger partial charge on any atom is 0.165 e. The number of rotatable bonds is 1. The number of nitrogens with two attached hydrogens (primary N) is 1. The first-order valence-electron chi connectivity index (χ1n) is 6.35. The zero-order valence-corrected chi connectivity index (χ0v) is 10.5. The van der Waals surface area contributed by atoms with Crippen molar-refractivity contribution in [3.05, 3.63) is 12.7 Å². The van der Waals surface area contributed by atoms with Crippen LogP contribution in [0.25, 0.3) is 11.2 Å². The molecule has 4 heterocycles. The average molecular weight is 272 g/mol. The molecule has 2 aromatic rings. The van der Waals surface area contributed by atoms with Crippen LogP contribution in [-0.2, 0) is 9.47 Å². The number of hydrogen-bond acceptors (Lipinski definition) is 7. The highest BCUT2D eigenvalue weighted by molar-refractivity contribution is 5.81. The van der Waals surface area contributed by atoms with Gasteiger partial charge in [-0.15, -0.1) is 0 Å². The van der Waals surface area contributed by atoms with Crippen LogP contribution in [0, 0.1) is 17.2 Å². The zero-order valence-electron chi connectivity index (χ0n) is 10.5. The van der Waals surface area contributed by atoms with E-state index in [1.54, 1.807) is 6.33 Å². The van der Waals surface area contributed by atoms with Gasteiger partial charge in [0.2, 0.25) is 0 Å². The Morgan fingerprint density at radius 2 is 2.10 bits per heavy atom. The van der Waals surface area contributed by atoms with Gasteiger partial charge in [-0.25, -0.2) is 15.0 Å². The van der Waals surface area contributed by atoms with Crippen LogP contribution < -0.4 is 5.73 Å². The molecule has 0 spiro atoms. The average Bonchev–Trinajstić information content (AvgIpc) is 3.11. The highest BCUT2D eigenvalue weighted by Crippen LogP contribution is 2.38. The number of ether oxygens (including phenoxy) is 2. The third-order valence-corrected chi connectivity index (χ3v) is 3.94. The van der Waals surface area contributed by atoms with Crippen LogP contribution >= 0.6 is 0 Å². The summed E-state index contributed by atoms with van der Waals surface area (Å²) in [4.78, 5) is 12.4. The fourth-order valence-corrected chi connectivity index (χ4v) is 2.94. The molecule has 2 saturated heterocycles. The van der Waals surface area contributed by atoms with Crippen LogP contribution in [0.15, 0.2) is 12.7 Å². The number of fused-ring (bicyclic) bond motifs is 2. The van der Waals surface area contributed by atoms with Gasteiger partial charge in [-0.1, -0.05) is 0 Å². The molecule has 0 aliphatic carbocycles. The van der Waals surface area contributed by atoms with Crippen LogP contribution in [-0.4, -0.2) is 44.9 Å². The second-order valence-electron chi connectivity index (χ2n) is 4.98. The minimum Gasteiger partial charge on any atom is -0.382 e. The van der Waals surface area contributed by atoms with E-state index >= 15 is 0 Å². The van der Waals surface area contributed by atoms with Crippen molar-refractivity contribution in [3.63, 3.8) is 0 Å². The first-order valence-corrected chi connectivity index (χ1v) is 6.35. The largest absolute Gasteiger partial charge is 0.382 e. The molecule has 20 heavy (non-hydrogen) atoms. The van der Waals surface area contributed by atoms with Gasteiger partial charge in [0.15, 0.2) is 11.5 Å². The normalized spacial score (nSPS) is 32.4. The van der Waals surface area contributed by atoms with E-state index in [0.29, 0.717) is 30.2 Å². The summed E-state index contributed by atoms with van der Waals surface area (Å²) in [7, 11) is 0. The van der Waals surface area contributed by atoms with Gasteiger partial charge in [-0.3, -0.25) is 0 Å². The molecular formula is C12H12N6O2. The van der Waals surface area contributed by atoms with Gasteiger partial charge in [-0.2, -0.15) is 5.26 Å². The molecule has 102 valence electrons. The SMILES string of the molecule is N#CC1COC2C1OCC2n1cnc2c(N)ncnc21. The number of aromatic nitrogens is 4. The minimum absolute atomic E-state index is 0.0438. The van der Waals surface area contributed by atoms with Crippen LogP contribution in [0.4, 0.5) is 5.82 Å². The molecule has 0 saturated carbocycles. The van der Waals surface area contributed by atoms with Gasteiger partial charge >= 0.3 is 0 Å². The van der Waals surface area contributed by atoms with E-state index in [1.165, 1.54) is 6.33 Å². The Balaban J connectivity index is 1.75. The van der Waals surface area contributed by atoms with Crippen LogP contribution in [0.5, 0.6) is 0 Å². The van der Waals surface area contributed by atoms with Crippen molar-refractivity contribution < 1.29 is 9.47 Å². The number of nitrogen functional groups attached to an aromatic ring is 1. The predicted molar refractivity (Wildman–Crippen MR) is 67.4 cm³/mol. The fourth-order valence-electron chi connectivity index (χ4n) is 2.94. The Kier molecular flexibility index (Phi) is 2.39.